The third kappa shape index (κ3) is 4.48. The lowest BCUT2D eigenvalue weighted by molar-refractivity contribution is 0.358. The number of sulfonamides is 1. The SMILES string of the molecule is O=S(=O)(Cc1cccc(Cl)c1)N(Cc1ccsc1)Cc1ccco1. The highest BCUT2D eigenvalue weighted by molar-refractivity contribution is 7.88. The van der Waals surface area contributed by atoms with Gasteiger partial charge in [0, 0.05) is 11.6 Å². The zero-order chi connectivity index (χ0) is 17.0. The van der Waals surface area contributed by atoms with Gasteiger partial charge in [-0.15, -0.1) is 0 Å². The van der Waals surface area contributed by atoms with E-state index in [1.807, 2.05) is 16.8 Å². The fourth-order valence-electron chi connectivity index (χ4n) is 2.34. The number of halogens is 1. The van der Waals surface area contributed by atoms with Crippen LogP contribution in [0.1, 0.15) is 16.9 Å². The van der Waals surface area contributed by atoms with Crippen molar-refractivity contribution >= 4 is 33.0 Å². The third-order valence-corrected chi connectivity index (χ3v) is 6.19. The van der Waals surface area contributed by atoms with Crippen molar-refractivity contribution in [3.63, 3.8) is 0 Å². The lowest BCUT2D eigenvalue weighted by Crippen LogP contribution is -2.31. The first kappa shape index (κ1) is 17.2. The molecule has 0 fully saturated rings. The topological polar surface area (TPSA) is 50.5 Å². The van der Waals surface area contributed by atoms with Crippen molar-refractivity contribution in [1.29, 1.82) is 0 Å². The van der Waals surface area contributed by atoms with E-state index in [2.05, 4.69) is 0 Å². The molecule has 1 aromatic carbocycles. The number of benzene rings is 1. The zero-order valence-corrected chi connectivity index (χ0v) is 15.2. The predicted molar refractivity (Wildman–Crippen MR) is 96.3 cm³/mol. The fraction of sp³-hybridized carbons (Fsp3) is 0.176. The van der Waals surface area contributed by atoms with E-state index in [0.717, 1.165) is 5.56 Å². The van der Waals surface area contributed by atoms with Crippen molar-refractivity contribution in [2.75, 3.05) is 0 Å². The Morgan fingerprint density at radius 2 is 1.96 bits per heavy atom. The lowest BCUT2D eigenvalue weighted by Gasteiger charge is -2.21. The van der Waals surface area contributed by atoms with E-state index in [4.69, 9.17) is 16.0 Å². The average Bonchev–Trinajstić information content (AvgIpc) is 3.19. The van der Waals surface area contributed by atoms with Gasteiger partial charge in [-0.05, 0) is 52.2 Å². The van der Waals surface area contributed by atoms with Crippen LogP contribution in [-0.2, 0) is 28.9 Å². The van der Waals surface area contributed by atoms with Crippen LogP contribution in [0.3, 0.4) is 0 Å². The molecule has 3 rings (SSSR count). The lowest BCUT2D eigenvalue weighted by atomic mass is 10.2. The summed E-state index contributed by atoms with van der Waals surface area (Å²) in [6, 6.07) is 12.4. The largest absolute Gasteiger partial charge is 0.468 e. The number of hydrogen-bond acceptors (Lipinski definition) is 4. The highest BCUT2D eigenvalue weighted by Crippen LogP contribution is 2.21. The highest BCUT2D eigenvalue weighted by Gasteiger charge is 2.24. The van der Waals surface area contributed by atoms with Crippen LogP contribution >= 0.6 is 22.9 Å². The molecule has 0 aliphatic heterocycles. The Morgan fingerprint density at radius 1 is 1.08 bits per heavy atom. The van der Waals surface area contributed by atoms with Gasteiger partial charge in [0.05, 0.1) is 18.6 Å². The van der Waals surface area contributed by atoms with E-state index >= 15 is 0 Å². The maximum Gasteiger partial charge on any atom is 0.219 e. The molecule has 4 nitrogen and oxygen atoms in total. The molecule has 0 amide bonds. The van der Waals surface area contributed by atoms with Crippen molar-refractivity contribution in [1.82, 2.24) is 4.31 Å². The molecule has 0 saturated heterocycles. The van der Waals surface area contributed by atoms with E-state index in [9.17, 15) is 8.42 Å². The van der Waals surface area contributed by atoms with Gasteiger partial charge in [0.15, 0.2) is 0 Å². The molecular weight excluding hydrogens is 366 g/mol. The summed E-state index contributed by atoms with van der Waals surface area (Å²) in [7, 11) is -3.53. The Kier molecular flexibility index (Phi) is 5.40. The predicted octanol–water partition coefficient (Wildman–Crippen LogP) is 4.53. The molecule has 7 heteroatoms. The zero-order valence-electron chi connectivity index (χ0n) is 12.8. The summed E-state index contributed by atoms with van der Waals surface area (Å²) in [6.07, 6.45) is 1.54. The summed E-state index contributed by atoms with van der Waals surface area (Å²) in [6.45, 7) is 0.513. The van der Waals surface area contributed by atoms with Crippen LogP contribution in [0, 0.1) is 0 Å². The number of rotatable bonds is 7. The first-order chi connectivity index (χ1) is 11.5. The highest BCUT2D eigenvalue weighted by atomic mass is 35.5. The van der Waals surface area contributed by atoms with Gasteiger partial charge in [-0.3, -0.25) is 0 Å². The van der Waals surface area contributed by atoms with E-state index in [1.165, 1.54) is 4.31 Å². The molecule has 0 saturated carbocycles. The summed E-state index contributed by atoms with van der Waals surface area (Å²) >= 11 is 7.51. The Morgan fingerprint density at radius 3 is 2.62 bits per heavy atom. The van der Waals surface area contributed by atoms with Crippen LogP contribution in [0.4, 0.5) is 0 Å². The molecule has 0 aliphatic rings. The second-order valence-electron chi connectivity index (χ2n) is 5.37. The number of nitrogens with zero attached hydrogens (tertiary/aromatic N) is 1. The third-order valence-electron chi connectivity index (χ3n) is 3.48. The first-order valence-electron chi connectivity index (χ1n) is 7.29. The first-order valence-corrected chi connectivity index (χ1v) is 10.2. The van der Waals surface area contributed by atoms with E-state index in [-0.39, 0.29) is 12.3 Å². The van der Waals surface area contributed by atoms with Gasteiger partial charge in [0.1, 0.15) is 5.76 Å². The molecule has 0 unspecified atom stereocenters. The average molecular weight is 382 g/mol. The standard InChI is InChI=1S/C17H16ClNO3S2/c18-16-4-1-3-14(9-16)13-24(20,21)19(10-15-6-8-23-12-15)11-17-5-2-7-22-17/h1-9,12H,10-11,13H2. The summed E-state index contributed by atoms with van der Waals surface area (Å²) < 4.78 is 32.6. The van der Waals surface area contributed by atoms with Gasteiger partial charge in [-0.2, -0.15) is 15.6 Å². The van der Waals surface area contributed by atoms with Crippen molar-refractivity contribution in [2.45, 2.75) is 18.8 Å². The second kappa shape index (κ2) is 7.53. The number of hydrogen-bond donors (Lipinski definition) is 0. The van der Waals surface area contributed by atoms with Crippen molar-refractivity contribution in [3.8, 4) is 0 Å². The molecule has 0 bridgehead atoms. The van der Waals surface area contributed by atoms with Crippen molar-refractivity contribution < 1.29 is 12.8 Å². The quantitative estimate of drug-likeness (QED) is 0.604. The Labute approximate surface area is 150 Å². The van der Waals surface area contributed by atoms with Crippen molar-refractivity contribution in [3.05, 3.63) is 81.4 Å². The van der Waals surface area contributed by atoms with E-state index in [0.29, 0.717) is 22.9 Å². The van der Waals surface area contributed by atoms with Crippen LogP contribution in [0.5, 0.6) is 0 Å². The number of furan rings is 1. The summed E-state index contributed by atoms with van der Waals surface area (Å²) in [5.74, 6) is 0.512. The normalized spacial score (nSPS) is 11.9. The Hall–Kier alpha value is -1.60. The minimum absolute atomic E-state index is 0.0988. The summed E-state index contributed by atoms with van der Waals surface area (Å²) in [5, 5.41) is 4.41. The minimum Gasteiger partial charge on any atom is -0.468 e. The second-order valence-corrected chi connectivity index (χ2v) is 8.55. The molecule has 0 aliphatic carbocycles. The van der Waals surface area contributed by atoms with Crippen LogP contribution in [0.25, 0.3) is 0 Å². The smallest absolute Gasteiger partial charge is 0.219 e. The van der Waals surface area contributed by atoms with Gasteiger partial charge in [-0.25, -0.2) is 8.42 Å². The van der Waals surface area contributed by atoms with Crippen LogP contribution < -0.4 is 0 Å². The molecular formula is C17H16ClNO3S2. The van der Waals surface area contributed by atoms with Crippen molar-refractivity contribution in [2.24, 2.45) is 0 Å². The van der Waals surface area contributed by atoms with Crippen LogP contribution in [-0.4, -0.2) is 12.7 Å². The maximum atomic E-state index is 12.9. The fourth-order valence-corrected chi connectivity index (χ4v) is 4.67. The number of thiophene rings is 1. The molecule has 126 valence electrons. The van der Waals surface area contributed by atoms with Crippen LogP contribution in [0.15, 0.2) is 63.9 Å². The summed E-state index contributed by atoms with van der Waals surface area (Å²) in [5.41, 5.74) is 1.62. The van der Waals surface area contributed by atoms with Gasteiger partial charge in [0.2, 0.25) is 10.0 Å². The van der Waals surface area contributed by atoms with Gasteiger partial charge in [0.25, 0.3) is 0 Å². The minimum atomic E-state index is -3.53. The molecule has 2 aromatic heterocycles. The Balaban J connectivity index is 1.84. The molecule has 0 atom stereocenters. The molecule has 3 aromatic rings. The molecule has 2 heterocycles. The maximum absolute atomic E-state index is 12.9. The molecule has 0 radical (unpaired) electrons. The molecule has 0 N–H and O–H groups in total. The monoisotopic (exact) mass is 381 g/mol. The van der Waals surface area contributed by atoms with Crippen LogP contribution in [0.2, 0.25) is 5.02 Å². The molecule has 24 heavy (non-hydrogen) atoms. The van der Waals surface area contributed by atoms with Gasteiger partial charge in [-0.1, -0.05) is 23.7 Å². The Bertz CT molecular complexity index is 838. The summed E-state index contributed by atoms with van der Waals surface area (Å²) in [4.78, 5) is 0. The van der Waals surface area contributed by atoms with Gasteiger partial charge < -0.3 is 4.42 Å². The molecule has 0 spiro atoms. The van der Waals surface area contributed by atoms with E-state index in [1.54, 1.807) is 54.0 Å². The van der Waals surface area contributed by atoms with E-state index < -0.39 is 10.0 Å². The van der Waals surface area contributed by atoms with Gasteiger partial charge >= 0.3 is 0 Å².